The highest BCUT2D eigenvalue weighted by atomic mass is 16.5. The van der Waals surface area contributed by atoms with Crippen LogP contribution in [0.15, 0.2) is 12.3 Å². The Labute approximate surface area is 87.9 Å². The predicted octanol–water partition coefficient (Wildman–Crippen LogP) is 1.32. The van der Waals surface area contributed by atoms with Crippen LogP contribution < -0.4 is 5.32 Å². The highest BCUT2D eigenvalue weighted by Gasteiger charge is 2.07. The average molecular weight is 206 g/mol. The molecule has 2 N–H and O–H groups in total. The molecule has 0 radical (unpaired) electrons. The number of nitrogens with one attached hydrogen (secondary N) is 2. The molecule has 0 saturated heterocycles. The molecule has 0 aliphatic rings. The SMILES string of the molecule is COCCNc1nccc2n[nH]c(C)c12. The van der Waals surface area contributed by atoms with Gasteiger partial charge in [-0.2, -0.15) is 5.10 Å². The van der Waals surface area contributed by atoms with Crippen LogP contribution in [0.2, 0.25) is 0 Å². The summed E-state index contributed by atoms with van der Waals surface area (Å²) in [5.74, 6) is 0.857. The summed E-state index contributed by atoms with van der Waals surface area (Å²) in [5.41, 5.74) is 1.96. The molecule has 5 nitrogen and oxygen atoms in total. The highest BCUT2D eigenvalue weighted by molar-refractivity contribution is 5.91. The molecular formula is C10H14N4O. The van der Waals surface area contributed by atoms with Gasteiger partial charge in [0.05, 0.1) is 17.5 Å². The van der Waals surface area contributed by atoms with Gasteiger partial charge in [0, 0.05) is 25.5 Å². The van der Waals surface area contributed by atoms with Crippen molar-refractivity contribution in [2.24, 2.45) is 0 Å². The van der Waals surface area contributed by atoms with Crippen molar-refractivity contribution in [2.75, 3.05) is 25.6 Å². The van der Waals surface area contributed by atoms with Gasteiger partial charge in [0.25, 0.3) is 0 Å². The largest absolute Gasteiger partial charge is 0.383 e. The maximum Gasteiger partial charge on any atom is 0.137 e. The van der Waals surface area contributed by atoms with Crippen molar-refractivity contribution in [3.8, 4) is 0 Å². The van der Waals surface area contributed by atoms with Gasteiger partial charge in [-0.1, -0.05) is 0 Å². The van der Waals surface area contributed by atoms with Crippen molar-refractivity contribution in [1.82, 2.24) is 15.2 Å². The first-order chi connectivity index (χ1) is 7.33. The van der Waals surface area contributed by atoms with E-state index >= 15 is 0 Å². The molecule has 0 amide bonds. The minimum atomic E-state index is 0.662. The van der Waals surface area contributed by atoms with Crippen LogP contribution in [0.1, 0.15) is 5.69 Å². The first kappa shape index (κ1) is 9.92. The molecule has 80 valence electrons. The van der Waals surface area contributed by atoms with Crippen LogP contribution in [0.3, 0.4) is 0 Å². The number of aryl methyl sites for hydroxylation is 1. The Morgan fingerprint density at radius 3 is 3.20 bits per heavy atom. The molecule has 0 aromatic carbocycles. The van der Waals surface area contributed by atoms with Crippen LogP contribution in [0, 0.1) is 6.92 Å². The fourth-order valence-corrected chi connectivity index (χ4v) is 1.52. The maximum atomic E-state index is 4.97. The summed E-state index contributed by atoms with van der Waals surface area (Å²) >= 11 is 0. The third-order valence-electron chi connectivity index (χ3n) is 2.25. The van der Waals surface area contributed by atoms with E-state index in [0.717, 1.165) is 29.0 Å². The average Bonchev–Trinajstić information content (AvgIpc) is 2.62. The second-order valence-electron chi connectivity index (χ2n) is 3.32. The Morgan fingerprint density at radius 1 is 1.53 bits per heavy atom. The van der Waals surface area contributed by atoms with Crippen molar-refractivity contribution >= 4 is 16.7 Å². The lowest BCUT2D eigenvalue weighted by Gasteiger charge is -2.05. The van der Waals surface area contributed by atoms with Crippen LogP contribution >= 0.6 is 0 Å². The second kappa shape index (κ2) is 4.27. The zero-order valence-electron chi connectivity index (χ0n) is 8.87. The molecular weight excluding hydrogens is 192 g/mol. The Morgan fingerprint density at radius 2 is 2.40 bits per heavy atom. The molecule has 15 heavy (non-hydrogen) atoms. The van der Waals surface area contributed by atoms with E-state index in [-0.39, 0.29) is 0 Å². The third-order valence-corrected chi connectivity index (χ3v) is 2.25. The summed E-state index contributed by atoms with van der Waals surface area (Å²) < 4.78 is 4.97. The molecule has 0 fully saturated rings. The lowest BCUT2D eigenvalue weighted by molar-refractivity contribution is 0.210. The molecule has 0 aliphatic carbocycles. The summed E-state index contributed by atoms with van der Waals surface area (Å²) in [5, 5.41) is 11.4. The number of hydrogen-bond acceptors (Lipinski definition) is 4. The fourth-order valence-electron chi connectivity index (χ4n) is 1.52. The van der Waals surface area contributed by atoms with Gasteiger partial charge in [0.2, 0.25) is 0 Å². The van der Waals surface area contributed by atoms with Crippen molar-refractivity contribution in [3.63, 3.8) is 0 Å². The van der Waals surface area contributed by atoms with Gasteiger partial charge in [0.15, 0.2) is 0 Å². The quantitative estimate of drug-likeness (QED) is 0.741. The number of rotatable bonds is 4. The third kappa shape index (κ3) is 1.92. The minimum absolute atomic E-state index is 0.662. The van der Waals surface area contributed by atoms with Crippen LogP contribution in [-0.2, 0) is 4.74 Å². The summed E-state index contributed by atoms with van der Waals surface area (Å²) in [6.45, 7) is 3.39. The van der Waals surface area contributed by atoms with E-state index in [1.165, 1.54) is 0 Å². The van der Waals surface area contributed by atoms with E-state index in [1.54, 1.807) is 13.3 Å². The number of methoxy groups -OCH3 is 1. The fraction of sp³-hybridized carbons (Fsp3) is 0.400. The zero-order chi connectivity index (χ0) is 10.7. The van der Waals surface area contributed by atoms with E-state index in [2.05, 4.69) is 20.5 Å². The van der Waals surface area contributed by atoms with Crippen molar-refractivity contribution in [2.45, 2.75) is 6.92 Å². The Kier molecular flexibility index (Phi) is 2.82. The predicted molar refractivity (Wildman–Crippen MR) is 59.0 cm³/mol. The summed E-state index contributed by atoms with van der Waals surface area (Å²) in [4.78, 5) is 4.29. The molecule has 2 heterocycles. The van der Waals surface area contributed by atoms with Gasteiger partial charge in [-0.25, -0.2) is 4.98 Å². The standard InChI is InChI=1S/C10H14N4O/c1-7-9-8(14-13-7)3-4-11-10(9)12-5-6-15-2/h3-4H,5-6H2,1-2H3,(H,11,12)(H,13,14). The normalized spacial score (nSPS) is 10.8. The molecule has 0 spiro atoms. The van der Waals surface area contributed by atoms with E-state index < -0.39 is 0 Å². The highest BCUT2D eigenvalue weighted by Crippen LogP contribution is 2.21. The Balaban J connectivity index is 2.29. The van der Waals surface area contributed by atoms with Gasteiger partial charge in [-0.05, 0) is 13.0 Å². The summed E-state index contributed by atoms with van der Waals surface area (Å²) in [6, 6.07) is 1.89. The lowest BCUT2D eigenvalue weighted by Crippen LogP contribution is -2.08. The monoisotopic (exact) mass is 206 g/mol. The van der Waals surface area contributed by atoms with Crippen molar-refractivity contribution in [3.05, 3.63) is 18.0 Å². The first-order valence-electron chi connectivity index (χ1n) is 4.85. The van der Waals surface area contributed by atoms with Crippen molar-refractivity contribution in [1.29, 1.82) is 0 Å². The van der Waals surface area contributed by atoms with E-state index in [0.29, 0.717) is 6.61 Å². The van der Waals surface area contributed by atoms with E-state index in [1.807, 2.05) is 13.0 Å². The molecule has 0 bridgehead atoms. The topological polar surface area (TPSA) is 62.8 Å². The first-order valence-corrected chi connectivity index (χ1v) is 4.85. The second-order valence-corrected chi connectivity index (χ2v) is 3.32. The number of hydrogen-bond donors (Lipinski definition) is 2. The molecule has 0 atom stereocenters. The van der Waals surface area contributed by atoms with Crippen molar-refractivity contribution < 1.29 is 4.74 Å². The van der Waals surface area contributed by atoms with Gasteiger partial charge in [-0.3, -0.25) is 5.10 Å². The number of ether oxygens (including phenoxy) is 1. The molecule has 0 unspecified atom stereocenters. The van der Waals surface area contributed by atoms with Crippen LogP contribution in [0.5, 0.6) is 0 Å². The molecule has 0 saturated carbocycles. The number of pyridine rings is 1. The smallest absolute Gasteiger partial charge is 0.137 e. The number of aromatic nitrogens is 3. The number of H-pyrrole nitrogens is 1. The molecule has 2 aromatic rings. The molecule has 0 aliphatic heterocycles. The van der Waals surface area contributed by atoms with Gasteiger partial charge < -0.3 is 10.1 Å². The van der Waals surface area contributed by atoms with E-state index in [4.69, 9.17) is 4.74 Å². The minimum Gasteiger partial charge on any atom is -0.383 e. The number of fused-ring (bicyclic) bond motifs is 1. The Hall–Kier alpha value is -1.62. The number of anilines is 1. The molecule has 2 rings (SSSR count). The molecule has 5 heteroatoms. The Bertz CT molecular complexity index is 452. The number of aromatic amines is 1. The summed E-state index contributed by atoms with van der Waals surface area (Å²) in [6.07, 6.45) is 1.75. The molecule has 2 aromatic heterocycles. The summed E-state index contributed by atoms with van der Waals surface area (Å²) in [7, 11) is 1.68. The maximum absolute atomic E-state index is 4.97. The lowest BCUT2D eigenvalue weighted by atomic mass is 10.2. The number of nitrogens with zero attached hydrogens (tertiary/aromatic N) is 2. The zero-order valence-corrected chi connectivity index (χ0v) is 8.87. The van der Waals surface area contributed by atoms with Gasteiger partial charge in [-0.15, -0.1) is 0 Å². The van der Waals surface area contributed by atoms with Gasteiger partial charge in [0.1, 0.15) is 5.82 Å². The van der Waals surface area contributed by atoms with E-state index in [9.17, 15) is 0 Å². The van der Waals surface area contributed by atoms with Crippen LogP contribution in [-0.4, -0.2) is 35.4 Å². The van der Waals surface area contributed by atoms with Crippen LogP contribution in [0.25, 0.3) is 10.9 Å². The van der Waals surface area contributed by atoms with Crippen LogP contribution in [0.4, 0.5) is 5.82 Å². The van der Waals surface area contributed by atoms with Gasteiger partial charge >= 0.3 is 0 Å².